The summed E-state index contributed by atoms with van der Waals surface area (Å²) in [7, 11) is -3.89. The molecule has 0 radical (unpaired) electrons. The number of benzene rings is 1. The maximum Gasteiger partial charge on any atom is 0.266 e. The zero-order valence-electron chi connectivity index (χ0n) is 16.9. The highest BCUT2D eigenvalue weighted by Gasteiger charge is 2.28. The molecule has 0 atom stereocenters. The number of H-pyrrole nitrogens is 1. The van der Waals surface area contributed by atoms with Gasteiger partial charge in [-0.25, -0.2) is 8.42 Å². The van der Waals surface area contributed by atoms with Crippen LogP contribution in [0.2, 0.25) is 0 Å². The van der Waals surface area contributed by atoms with Gasteiger partial charge < -0.3 is 9.47 Å². The predicted octanol–water partition coefficient (Wildman–Crippen LogP) is 3.31. The van der Waals surface area contributed by atoms with Gasteiger partial charge in [-0.2, -0.15) is 10.2 Å². The third kappa shape index (κ3) is 3.23. The van der Waals surface area contributed by atoms with Gasteiger partial charge in [-0.15, -0.1) is 0 Å². The summed E-state index contributed by atoms with van der Waals surface area (Å²) < 4.78 is 41.5. The van der Waals surface area contributed by atoms with Crippen molar-refractivity contribution in [2.75, 3.05) is 11.5 Å². The Morgan fingerprint density at radius 2 is 1.90 bits per heavy atom. The van der Waals surface area contributed by atoms with Crippen LogP contribution in [-0.4, -0.2) is 35.2 Å². The number of sulfonamides is 1. The summed E-state index contributed by atoms with van der Waals surface area (Å²) in [4.78, 5) is 0.170. The number of hydrogen-bond acceptors (Lipinski definition) is 6. The summed E-state index contributed by atoms with van der Waals surface area (Å²) in [6.07, 6.45) is 0. The molecule has 0 saturated heterocycles. The Bertz CT molecular complexity index is 1190. The van der Waals surface area contributed by atoms with Crippen LogP contribution in [0, 0.1) is 20.8 Å². The number of nitrogens with one attached hydrogen (secondary N) is 2. The minimum atomic E-state index is -3.89. The van der Waals surface area contributed by atoms with Crippen molar-refractivity contribution in [3.05, 3.63) is 35.3 Å². The number of fused-ring (bicyclic) bond motifs is 1. The summed E-state index contributed by atoms with van der Waals surface area (Å²) >= 11 is 0. The fraction of sp³-hybridized carbons (Fsp3) is 0.368. The molecule has 2 N–H and O–H groups in total. The van der Waals surface area contributed by atoms with Crippen LogP contribution in [0.1, 0.15) is 37.0 Å². The van der Waals surface area contributed by atoms with Gasteiger partial charge in [-0.05, 0) is 52.3 Å². The molecule has 10 heteroatoms. The molecule has 0 fully saturated rings. The Balaban J connectivity index is 1.75. The van der Waals surface area contributed by atoms with Gasteiger partial charge in [0, 0.05) is 17.3 Å². The monoisotopic (exact) mass is 417 g/mol. The quantitative estimate of drug-likeness (QED) is 0.659. The van der Waals surface area contributed by atoms with Crippen molar-refractivity contribution in [3.63, 3.8) is 0 Å². The summed E-state index contributed by atoms with van der Waals surface area (Å²) in [5.74, 6) is 1.49. The van der Waals surface area contributed by atoms with Crippen molar-refractivity contribution in [1.82, 2.24) is 20.0 Å². The molecule has 0 saturated carbocycles. The molecule has 0 bridgehead atoms. The molecule has 0 aliphatic carbocycles. The Morgan fingerprint density at radius 3 is 2.59 bits per heavy atom. The van der Waals surface area contributed by atoms with E-state index in [4.69, 9.17) is 9.47 Å². The van der Waals surface area contributed by atoms with E-state index in [9.17, 15) is 8.42 Å². The average molecular weight is 417 g/mol. The van der Waals surface area contributed by atoms with Gasteiger partial charge in [0.05, 0.1) is 11.4 Å². The van der Waals surface area contributed by atoms with Gasteiger partial charge in [0.15, 0.2) is 17.3 Å². The van der Waals surface area contributed by atoms with E-state index < -0.39 is 10.0 Å². The first-order valence-electron chi connectivity index (χ1n) is 9.22. The van der Waals surface area contributed by atoms with Crippen LogP contribution < -0.4 is 14.2 Å². The van der Waals surface area contributed by atoms with E-state index >= 15 is 0 Å². The van der Waals surface area contributed by atoms with Crippen LogP contribution >= 0.6 is 0 Å². The Labute approximate surface area is 169 Å². The molecule has 29 heavy (non-hydrogen) atoms. The van der Waals surface area contributed by atoms with Crippen LogP contribution in [0.15, 0.2) is 23.1 Å². The molecular formula is C19H23N5O4S. The van der Waals surface area contributed by atoms with Crippen LogP contribution in [0.5, 0.6) is 11.5 Å². The lowest BCUT2D eigenvalue weighted by Crippen LogP contribution is -2.16. The fourth-order valence-electron chi connectivity index (χ4n) is 3.63. The molecule has 1 aromatic carbocycles. The van der Waals surface area contributed by atoms with E-state index in [2.05, 4.69) is 20.0 Å². The SMILES string of the molecule is Cc1nn(C(C)C)c(C)c1S(=O)(=O)Nc1n[nH]c(C)c1-c1ccc2c(c1)OCO2. The summed E-state index contributed by atoms with van der Waals surface area (Å²) in [6.45, 7) is 9.35. The lowest BCUT2D eigenvalue weighted by atomic mass is 10.1. The second-order valence-electron chi connectivity index (χ2n) is 7.28. The fourth-order valence-corrected chi connectivity index (χ4v) is 5.04. The van der Waals surface area contributed by atoms with Gasteiger partial charge in [0.25, 0.3) is 10.0 Å². The molecule has 1 aliphatic heterocycles. The minimum Gasteiger partial charge on any atom is -0.454 e. The molecule has 9 nitrogen and oxygen atoms in total. The average Bonchev–Trinajstić information content (AvgIpc) is 3.32. The summed E-state index contributed by atoms with van der Waals surface area (Å²) in [6, 6.07) is 5.50. The molecular weight excluding hydrogens is 394 g/mol. The number of ether oxygens (including phenoxy) is 2. The normalized spacial score (nSPS) is 13.3. The standard InChI is InChI=1S/C19H23N5O4S/c1-10(2)24-13(5)18(12(4)22-24)29(25,26)23-19-17(11(3)20-21-19)14-6-7-15-16(8-14)28-9-27-15/h6-8,10H,9H2,1-5H3,(H2,20,21,23). The smallest absolute Gasteiger partial charge is 0.266 e. The molecule has 3 aromatic rings. The van der Waals surface area contributed by atoms with E-state index in [0.717, 1.165) is 11.3 Å². The van der Waals surface area contributed by atoms with Crippen molar-refractivity contribution >= 4 is 15.8 Å². The van der Waals surface area contributed by atoms with Crippen molar-refractivity contribution in [3.8, 4) is 22.6 Å². The van der Waals surface area contributed by atoms with Crippen LogP contribution in [0.3, 0.4) is 0 Å². The van der Waals surface area contributed by atoms with Crippen LogP contribution in [0.4, 0.5) is 5.82 Å². The zero-order valence-corrected chi connectivity index (χ0v) is 17.7. The van der Waals surface area contributed by atoms with Crippen molar-refractivity contribution in [2.24, 2.45) is 0 Å². The summed E-state index contributed by atoms with van der Waals surface area (Å²) in [5.41, 5.74) is 3.18. The first-order chi connectivity index (χ1) is 13.7. The number of aromatic nitrogens is 4. The topological polar surface area (TPSA) is 111 Å². The maximum atomic E-state index is 13.2. The third-order valence-corrected chi connectivity index (χ3v) is 6.45. The number of aromatic amines is 1. The Hall–Kier alpha value is -3.01. The number of rotatable bonds is 5. The van der Waals surface area contributed by atoms with Gasteiger partial charge in [-0.3, -0.25) is 14.5 Å². The van der Waals surface area contributed by atoms with Crippen molar-refractivity contribution in [1.29, 1.82) is 0 Å². The lowest BCUT2D eigenvalue weighted by molar-refractivity contribution is 0.174. The van der Waals surface area contributed by atoms with E-state index in [1.54, 1.807) is 24.6 Å². The Morgan fingerprint density at radius 1 is 1.17 bits per heavy atom. The predicted molar refractivity (Wildman–Crippen MR) is 108 cm³/mol. The molecule has 2 aromatic heterocycles. The van der Waals surface area contributed by atoms with Crippen LogP contribution in [0.25, 0.3) is 11.1 Å². The largest absolute Gasteiger partial charge is 0.454 e. The van der Waals surface area contributed by atoms with E-state index in [0.29, 0.717) is 28.5 Å². The molecule has 0 unspecified atom stereocenters. The number of aryl methyl sites for hydroxylation is 2. The van der Waals surface area contributed by atoms with Gasteiger partial charge in [-0.1, -0.05) is 6.07 Å². The van der Waals surface area contributed by atoms with Crippen molar-refractivity contribution in [2.45, 2.75) is 45.6 Å². The maximum absolute atomic E-state index is 13.2. The summed E-state index contributed by atoms with van der Waals surface area (Å²) in [5, 5.41) is 11.4. The highest BCUT2D eigenvalue weighted by atomic mass is 32.2. The first-order valence-corrected chi connectivity index (χ1v) is 10.7. The van der Waals surface area contributed by atoms with Gasteiger partial charge >= 0.3 is 0 Å². The van der Waals surface area contributed by atoms with Gasteiger partial charge in [0.2, 0.25) is 6.79 Å². The highest BCUT2D eigenvalue weighted by Crippen LogP contribution is 2.39. The van der Waals surface area contributed by atoms with E-state index in [1.165, 1.54) is 0 Å². The van der Waals surface area contributed by atoms with Crippen molar-refractivity contribution < 1.29 is 17.9 Å². The number of nitrogens with zero attached hydrogens (tertiary/aromatic N) is 3. The van der Waals surface area contributed by atoms with E-state index in [1.807, 2.05) is 32.9 Å². The molecule has 0 spiro atoms. The first kappa shape index (κ1) is 19.3. The molecule has 0 amide bonds. The third-order valence-electron chi connectivity index (χ3n) is 4.86. The van der Waals surface area contributed by atoms with Crippen LogP contribution in [-0.2, 0) is 10.0 Å². The molecule has 3 heterocycles. The van der Waals surface area contributed by atoms with E-state index in [-0.39, 0.29) is 23.5 Å². The number of hydrogen-bond donors (Lipinski definition) is 2. The van der Waals surface area contributed by atoms with Gasteiger partial charge in [0.1, 0.15) is 4.90 Å². The molecule has 1 aliphatic rings. The number of anilines is 1. The zero-order chi connectivity index (χ0) is 20.9. The lowest BCUT2D eigenvalue weighted by Gasteiger charge is -2.11. The Kier molecular flexibility index (Phi) is 4.53. The molecule has 4 rings (SSSR count). The minimum absolute atomic E-state index is 0.0504. The molecule has 154 valence electrons. The second kappa shape index (κ2) is 6.80. The second-order valence-corrected chi connectivity index (χ2v) is 8.90. The highest BCUT2D eigenvalue weighted by molar-refractivity contribution is 7.92.